The van der Waals surface area contributed by atoms with Crippen molar-refractivity contribution in [2.75, 3.05) is 5.73 Å². The summed E-state index contributed by atoms with van der Waals surface area (Å²) in [5, 5.41) is 4.47. The van der Waals surface area contributed by atoms with E-state index in [9.17, 15) is 0 Å². The maximum atomic E-state index is 5.95. The minimum absolute atomic E-state index is 0.303. The second-order valence-corrected chi connectivity index (χ2v) is 5.28. The van der Waals surface area contributed by atoms with Gasteiger partial charge in [0.05, 0.1) is 5.56 Å². The van der Waals surface area contributed by atoms with Crippen LogP contribution in [0.4, 0.5) is 5.69 Å². The topological polar surface area (TPSA) is 77.8 Å². The number of nitrogens with zero attached hydrogens (tertiary/aromatic N) is 3. The van der Waals surface area contributed by atoms with Crippen LogP contribution in [0.5, 0.6) is 0 Å². The van der Waals surface area contributed by atoms with E-state index < -0.39 is 0 Å². The molecule has 0 atom stereocenters. The van der Waals surface area contributed by atoms with Crippen LogP contribution in [0.25, 0.3) is 23.0 Å². The van der Waals surface area contributed by atoms with Crippen LogP contribution in [0.3, 0.4) is 0 Å². The van der Waals surface area contributed by atoms with Crippen LogP contribution in [0.15, 0.2) is 45.5 Å². The Morgan fingerprint density at radius 1 is 1.25 bits per heavy atom. The molecule has 1 aromatic carbocycles. The van der Waals surface area contributed by atoms with Crippen LogP contribution in [-0.4, -0.2) is 15.1 Å². The number of halogens is 2. The molecule has 0 aliphatic carbocycles. The molecule has 0 saturated carbocycles. The number of hydrogen-bond acceptors (Lipinski definition) is 5. The van der Waals surface area contributed by atoms with Crippen LogP contribution in [0.1, 0.15) is 0 Å². The quantitative estimate of drug-likeness (QED) is 0.711. The zero-order valence-corrected chi connectivity index (χ0v) is 12.4. The number of rotatable bonds is 2. The molecule has 0 aliphatic rings. The van der Waals surface area contributed by atoms with E-state index in [2.05, 4.69) is 31.1 Å². The molecule has 3 rings (SSSR count). The smallest absolute Gasteiger partial charge is 0.260 e. The molecule has 3 aromatic rings. The van der Waals surface area contributed by atoms with Crippen molar-refractivity contribution in [2.45, 2.75) is 0 Å². The first-order valence-electron chi connectivity index (χ1n) is 5.65. The average molecular weight is 352 g/mol. The van der Waals surface area contributed by atoms with E-state index in [1.165, 1.54) is 0 Å². The van der Waals surface area contributed by atoms with Crippen LogP contribution >= 0.6 is 27.5 Å². The number of pyridine rings is 1. The SMILES string of the molecule is Nc1ccc(Cl)cc1-c1nc(-c2ncccc2Br)no1. The van der Waals surface area contributed by atoms with Gasteiger partial charge in [-0.2, -0.15) is 4.98 Å². The predicted octanol–water partition coefficient (Wildman–Crippen LogP) is 3.80. The molecule has 0 bridgehead atoms. The molecule has 100 valence electrons. The second-order valence-electron chi connectivity index (χ2n) is 3.99. The van der Waals surface area contributed by atoms with Gasteiger partial charge in [-0.05, 0) is 46.3 Å². The molecule has 0 aliphatic heterocycles. The van der Waals surface area contributed by atoms with Crippen LogP contribution < -0.4 is 5.73 Å². The van der Waals surface area contributed by atoms with Crippen molar-refractivity contribution < 1.29 is 4.52 Å². The first-order valence-corrected chi connectivity index (χ1v) is 6.82. The van der Waals surface area contributed by atoms with Gasteiger partial charge in [-0.25, -0.2) is 0 Å². The summed E-state index contributed by atoms with van der Waals surface area (Å²) in [7, 11) is 0. The van der Waals surface area contributed by atoms with E-state index in [4.69, 9.17) is 21.9 Å². The van der Waals surface area contributed by atoms with Gasteiger partial charge in [0.2, 0.25) is 5.82 Å². The molecule has 7 heteroatoms. The highest BCUT2D eigenvalue weighted by atomic mass is 79.9. The summed E-state index contributed by atoms with van der Waals surface area (Å²) in [6.07, 6.45) is 1.66. The summed E-state index contributed by atoms with van der Waals surface area (Å²) in [5.74, 6) is 0.685. The highest BCUT2D eigenvalue weighted by molar-refractivity contribution is 9.10. The predicted molar refractivity (Wildman–Crippen MR) is 80.1 cm³/mol. The number of anilines is 1. The molecule has 0 radical (unpaired) electrons. The maximum absolute atomic E-state index is 5.95. The lowest BCUT2D eigenvalue weighted by molar-refractivity contribution is 0.432. The second kappa shape index (κ2) is 5.22. The molecule has 2 heterocycles. The van der Waals surface area contributed by atoms with Gasteiger partial charge in [-0.3, -0.25) is 4.98 Å². The lowest BCUT2D eigenvalue weighted by Gasteiger charge is -2.00. The van der Waals surface area contributed by atoms with Gasteiger partial charge in [0.25, 0.3) is 5.89 Å². The van der Waals surface area contributed by atoms with Gasteiger partial charge in [0.1, 0.15) is 5.69 Å². The van der Waals surface area contributed by atoms with Gasteiger partial charge in [-0.15, -0.1) is 0 Å². The third-order valence-corrected chi connectivity index (χ3v) is 3.52. The van der Waals surface area contributed by atoms with Crippen molar-refractivity contribution in [3.05, 3.63) is 46.0 Å². The fraction of sp³-hybridized carbons (Fsp3) is 0. The van der Waals surface area contributed by atoms with Crippen molar-refractivity contribution in [3.63, 3.8) is 0 Å². The first-order chi connectivity index (χ1) is 9.65. The Hall–Kier alpha value is -1.92. The third-order valence-electron chi connectivity index (χ3n) is 2.64. The Morgan fingerprint density at radius 2 is 2.10 bits per heavy atom. The molecule has 0 spiro atoms. The summed E-state index contributed by atoms with van der Waals surface area (Å²) in [4.78, 5) is 8.51. The fourth-order valence-corrected chi connectivity index (χ4v) is 2.30. The van der Waals surface area contributed by atoms with E-state index in [1.54, 1.807) is 24.4 Å². The Balaban J connectivity index is 2.07. The first kappa shape index (κ1) is 13.1. The summed E-state index contributed by atoms with van der Waals surface area (Å²) < 4.78 is 6.02. The number of benzene rings is 1. The van der Waals surface area contributed by atoms with Crippen LogP contribution in [0.2, 0.25) is 5.02 Å². The summed E-state index contributed by atoms with van der Waals surface area (Å²) in [5.41, 5.74) is 7.61. The Kier molecular flexibility index (Phi) is 3.42. The minimum Gasteiger partial charge on any atom is -0.398 e. The van der Waals surface area contributed by atoms with Gasteiger partial charge in [-0.1, -0.05) is 16.8 Å². The van der Waals surface area contributed by atoms with Crippen LogP contribution in [-0.2, 0) is 0 Å². The molecule has 0 amide bonds. The van der Waals surface area contributed by atoms with Gasteiger partial charge >= 0.3 is 0 Å². The zero-order valence-electron chi connectivity index (χ0n) is 10.0. The molecule has 0 saturated heterocycles. The Morgan fingerprint density at radius 3 is 2.90 bits per heavy atom. The highest BCUT2D eigenvalue weighted by Gasteiger charge is 2.15. The van der Waals surface area contributed by atoms with Crippen LogP contribution in [0, 0.1) is 0 Å². The van der Waals surface area contributed by atoms with Gasteiger partial charge < -0.3 is 10.3 Å². The summed E-state index contributed by atoms with van der Waals surface area (Å²) in [6, 6.07) is 8.74. The molecule has 20 heavy (non-hydrogen) atoms. The molecular weight excluding hydrogens is 344 g/mol. The summed E-state index contributed by atoms with van der Waals surface area (Å²) in [6.45, 7) is 0. The molecule has 2 aromatic heterocycles. The van der Waals surface area contributed by atoms with Gasteiger partial charge in [0.15, 0.2) is 0 Å². The third kappa shape index (κ3) is 2.39. The lowest BCUT2D eigenvalue weighted by atomic mass is 10.2. The monoisotopic (exact) mass is 350 g/mol. The number of nitrogen functional groups attached to an aromatic ring is 1. The minimum atomic E-state index is 0.303. The van der Waals surface area contributed by atoms with Crippen molar-refractivity contribution in [2.24, 2.45) is 0 Å². The van der Waals surface area contributed by atoms with E-state index in [1.807, 2.05) is 12.1 Å². The van der Waals surface area contributed by atoms with E-state index in [-0.39, 0.29) is 0 Å². The molecule has 5 nitrogen and oxygen atoms in total. The highest BCUT2D eigenvalue weighted by Crippen LogP contribution is 2.30. The van der Waals surface area contributed by atoms with Crippen molar-refractivity contribution in [1.29, 1.82) is 0 Å². The van der Waals surface area contributed by atoms with E-state index in [0.717, 1.165) is 4.47 Å². The number of nitrogens with two attached hydrogens (primary N) is 1. The van der Waals surface area contributed by atoms with E-state index in [0.29, 0.717) is 33.7 Å². The Labute approximate surface area is 127 Å². The fourth-order valence-electron chi connectivity index (χ4n) is 1.69. The molecule has 0 fully saturated rings. The standard InChI is InChI=1S/C13H8BrClN4O/c14-9-2-1-5-17-11(9)12-18-13(20-19-12)8-6-7(15)3-4-10(8)16/h1-6H,16H2. The largest absolute Gasteiger partial charge is 0.398 e. The lowest BCUT2D eigenvalue weighted by Crippen LogP contribution is -1.90. The Bertz CT molecular complexity index is 775. The number of aromatic nitrogens is 3. The maximum Gasteiger partial charge on any atom is 0.260 e. The van der Waals surface area contributed by atoms with Crippen molar-refractivity contribution in [1.82, 2.24) is 15.1 Å². The molecule has 2 N–H and O–H groups in total. The van der Waals surface area contributed by atoms with Crippen molar-refractivity contribution >= 4 is 33.2 Å². The normalized spacial score (nSPS) is 10.7. The zero-order chi connectivity index (χ0) is 14.1. The number of hydrogen-bond donors (Lipinski definition) is 1. The molecule has 0 unspecified atom stereocenters. The van der Waals surface area contributed by atoms with Gasteiger partial charge in [0, 0.05) is 21.4 Å². The average Bonchev–Trinajstić information content (AvgIpc) is 2.91. The van der Waals surface area contributed by atoms with Crippen molar-refractivity contribution in [3.8, 4) is 23.0 Å². The molecular formula is C13H8BrClN4O. The summed E-state index contributed by atoms with van der Waals surface area (Å²) >= 11 is 9.35. The van der Waals surface area contributed by atoms with E-state index >= 15 is 0 Å².